The Hall–Kier alpha value is -4.10. The lowest BCUT2D eigenvalue weighted by atomic mass is 9.44. The minimum atomic E-state index is -2.17. The van der Waals surface area contributed by atoms with Crippen molar-refractivity contribution in [1.29, 1.82) is 0 Å². The zero-order valence-electron chi connectivity index (χ0n) is 27.5. The highest BCUT2D eigenvalue weighted by Gasteiger charge is 2.78. The molecule has 1 saturated heterocycles. The number of fused-ring (bicyclic) bond motifs is 5. The van der Waals surface area contributed by atoms with Crippen LogP contribution >= 0.6 is 0 Å². The number of benzene rings is 2. The van der Waals surface area contributed by atoms with Gasteiger partial charge in [0.05, 0.1) is 35.7 Å². The Kier molecular flexibility index (Phi) is 8.30. The molecular weight excluding hydrogens is 622 g/mol. The number of hydrogen-bond donors (Lipinski definition) is 4. The summed E-state index contributed by atoms with van der Waals surface area (Å²) in [5.41, 5.74) is -6.33. The number of anilines is 1. The number of hydrogen-bond acceptors (Lipinski definition) is 11. The number of ether oxygens (including phenoxy) is 4. The van der Waals surface area contributed by atoms with Crippen molar-refractivity contribution in [2.75, 3.05) is 11.9 Å². The largest absolute Gasteiger partial charge is 0.455 e. The molecule has 2 saturated carbocycles. The minimum Gasteiger partial charge on any atom is -0.455 e. The molecule has 2 aromatic rings. The monoisotopic (exact) mass is 663 g/mol. The number of rotatable bonds is 5. The van der Waals surface area contributed by atoms with E-state index in [0.717, 1.165) is 0 Å². The van der Waals surface area contributed by atoms with E-state index in [1.54, 1.807) is 69.3 Å². The van der Waals surface area contributed by atoms with Gasteiger partial charge in [-0.25, -0.2) is 9.59 Å². The van der Waals surface area contributed by atoms with E-state index in [1.165, 1.54) is 26.0 Å². The molecule has 4 N–H and O–H groups in total. The lowest BCUT2D eigenvalue weighted by molar-refractivity contribution is -0.345. The summed E-state index contributed by atoms with van der Waals surface area (Å²) in [4.78, 5) is 55.3. The van der Waals surface area contributed by atoms with Crippen molar-refractivity contribution in [2.24, 2.45) is 16.7 Å². The van der Waals surface area contributed by atoms with Crippen LogP contribution in [0.2, 0.25) is 0 Å². The van der Waals surface area contributed by atoms with Crippen molar-refractivity contribution in [3.8, 4) is 0 Å². The highest BCUT2D eigenvalue weighted by molar-refractivity contribution is 5.97. The lowest BCUT2D eigenvalue weighted by Crippen LogP contribution is -2.81. The van der Waals surface area contributed by atoms with Crippen LogP contribution in [0.15, 0.2) is 71.8 Å². The molecule has 256 valence electrons. The maximum absolute atomic E-state index is 15.2. The Morgan fingerprint density at radius 3 is 2.17 bits per heavy atom. The minimum absolute atomic E-state index is 0.109. The van der Waals surface area contributed by atoms with Crippen LogP contribution in [-0.4, -0.2) is 87.5 Å². The summed E-state index contributed by atoms with van der Waals surface area (Å²) in [5, 5.41) is 39.1. The average molecular weight is 664 g/mol. The fourth-order valence-electron chi connectivity index (χ4n) is 8.52. The van der Waals surface area contributed by atoms with Gasteiger partial charge in [0.25, 0.3) is 0 Å². The van der Waals surface area contributed by atoms with Crippen LogP contribution in [0.5, 0.6) is 0 Å². The van der Waals surface area contributed by atoms with E-state index in [2.05, 4.69) is 5.32 Å². The van der Waals surface area contributed by atoms with E-state index in [4.69, 9.17) is 18.9 Å². The first-order chi connectivity index (χ1) is 22.6. The molecule has 1 heterocycles. The molecular formula is C36H41NO11. The number of esters is 2. The van der Waals surface area contributed by atoms with E-state index in [9.17, 15) is 29.7 Å². The number of carbonyl (C=O) groups is 4. The van der Waals surface area contributed by atoms with Crippen molar-refractivity contribution in [1.82, 2.24) is 0 Å². The predicted octanol–water partition coefficient (Wildman–Crippen LogP) is 3.34. The molecule has 2 aromatic carbocycles. The Balaban J connectivity index is 1.58. The second-order valence-corrected chi connectivity index (χ2v) is 14.1. The zero-order chi connectivity index (χ0) is 34.8. The van der Waals surface area contributed by atoms with E-state index in [-0.39, 0.29) is 36.2 Å². The van der Waals surface area contributed by atoms with E-state index < -0.39 is 82.3 Å². The van der Waals surface area contributed by atoms with Gasteiger partial charge in [0, 0.05) is 30.9 Å². The number of carbonyl (C=O) groups excluding carboxylic acids is 4. The van der Waals surface area contributed by atoms with Crippen molar-refractivity contribution in [3.05, 3.63) is 77.4 Å². The molecule has 2 bridgehead atoms. The molecule has 1 amide bonds. The van der Waals surface area contributed by atoms with Crippen molar-refractivity contribution in [2.45, 2.75) is 89.2 Å². The third kappa shape index (κ3) is 4.96. The summed E-state index contributed by atoms with van der Waals surface area (Å²) in [6.07, 6.45) is -8.61. The topological polar surface area (TPSA) is 178 Å². The van der Waals surface area contributed by atoms with Crippen LogP contribution in [0.4, 0.5) is 10.5 Å². The van der Waals surface area contributed by atoms with Gasteiger partial charge in [-0.2, -0.15) is 0 Å². The van der Waals surface area contributed by atoms with Gasteiger partial charge in [-0.1, -0.05) is 50.2 Å². The number of Topliss-reactive ketones (excluding diaryl/α,β-unsaturated/α-hetero) is 1. The molecule has 9 atom stereocenters. The number of aliphatic hydroxyl groups is 3. The van der Waals surface area contributed by atoms with Crippen LogP contribution in [0, 0.1) is 16.7 Å². The fraction of sp³-hybridized carbons (Fsp3) is 0.500. The summed E-state index contributed by atoms with van der Waals surface area (Å²) >= 11 is 0. The molecule has 3 aliphatic carbocycles. The molecule has 48 heavy (non-hydrogen) atoms. The summed E-state index contributed by atoms with van der Waals surface area (Å²) in [7, 11) is 0. The van der Waals surface area contributed by atoms with Crippen LogP contribution in [0.25, 0.3) is 0 Å². The second-order valence-electron chi connectivity index (χ2n) is 14.1. The summed E-state index contributed by atoms with van der Waals surface area (Å²) < 4.78 is 24.0. The van der Waals surface area contributed by atoms with Crippen molar-refractivity contribution < 1.29 is 53.4 Å². The number of nitrogens with one attached hydrogen (secondary N) is 1. The Labute approximate surface area is 278 Å². The maximum atomic E-state index is 15.2. The third-order valence-corrected chi connectivity index (χ3v) is 11.2. The molecule has 3 fully saturated rings. The van der Waals surface area contributed by atoms with E-state index >= 15 is 4.79 Å². The first-order valence-electron chi connectivity index (χ1n) is 16.0. The van der Waals surface area contributed by atoms with Gasteiger partial charge >= 0.3 is 18.0 Å². The van der Waals surface area contributed by atoms with Gasteiger partial charge in [-0.15, -0.1) is 0 Å². The first-order valence-corrected chi connectivity index (χ1v) is 16.0. The molecule has 6 rings (SSSR count). The smallest absolute Gasteiger partial charge is 0.412 e. The van der Waals surface area contributed by atoms with Crippen LogP contribution in [-0.2, 0) is 28.5 Å². The highest BCUT2D eigenvalue weighted by atomic mass is 16.6. The van der Waals surface area contributed by atoms with Gasteiger partial charge in [0.15, 0.2) is 17.5 Å². The number of ketones is 1. The van der Waals surface area contributed by atoms with Crippen LogP contribution in [0.3, 0.4) is 0 Å². The molecule has 1 aliphatic heterocycles. The van der Waals surface area contributed by atoms with Crippen LogP contribution in [0.1, 0.15) is 57.8 Å². The van der Waals surface area contributed by atoms with E-state index in [1.807, 2.05) is 0 Å². The summed E-state index contributed by atoms with van der Waals surface area (Å²) in [6, 6.07) is 16.5. The zero-order valence-corrected chi connectivity index (χ0v) is 27.5. The molecule has 1 unspecified atom stereocenters. The number of para-hydroxylation sites is 1. The first kappa shape index (κ1) is 33.8. The average Bonchev–Trinajstić information content (AvgIpc) is 3.03. The predicted molar refractivity (Wildman–Crippen MR) is 169 cm³/mol. The fourth-order valence-corrected chi connectivity index (χ4v) is 8.52. The maximum Gasteiger partial charge on any atom is 0.412 e. The van der Waals surface area contributed by atoms with E-state index in [0.29, 0.717) is 5.69 Å². The molecule has 0 spiro atoms. The Bertz CT molecular complexity index is 1660. The van der Waals surface area contributed by atoms with Gasteiger partial charge in [0.1, 0.15) is 17.8 Å². The van der Waals surface area contributed by atoms with Crippen molar-refractivity contribution >= 4 is 29.5 Å². The molecule has 0 aromatic heterocycles. The van der Waals surface area contributed by atoms with Gasteiger partial charge < -0.3 is 34.3 Å². The molecule has 4 aliphatic rings. The Morgan fingerprint density at radius 1 is 0.958 bits per heavy atom. The Morgan fingerprint density at radius 2 is 1.58 bits per heavy atom. The highest BCUT2D eigenvalue weighted by Crippen LogP contribution is 2.64. The quantitative estimate of drug-likeness (QED) is 0.210. The number of aliphatic hydroxyl groups excluding tert-OH is 2. The second kappa shape index (κ2) is 11.8. The van der Waals surface area contributed by atoms with Crippen molar-refractivity contribution in [3.63, 3.8) is 0 Å². The lowest BCUT2D eigenvalue weighted by Gasteiger charge is -2.67. The van der Waals surface area contributed by atoms with Gasteiger partial charge in [0.2, 0.25) is 0 Å². The summed E-state index contributed by atoms with van der Waals surface area (Å²) in [6.45, 7) is 7.24. The van der Waals surface area contributed by atoms with Crippen LogP contribution < -0.4 is 5.32 Å². The summed E-state index contributed by atoms with van der Waals surface area (Å²) in [5.74, 6) is -3.76. The standard InChI is InChI=1S/C36H41NO11/c1-19-23(39)17-36(44)30(47-31(42)21-12-8-6-9-13-21)28-34(5,24(40)16-25-35(28,18-45-25)48-20(2)38)29(41)27(26(19)33(36,3)4)46-32(43)37-22-14-10-7-11-15-22/h6-15,23-25,27-28,30,39-40,44H,16-18H2,1-5H3,(H,37,43)/t23-,24-,25+,27+,28?,30-,34+,35-,36+/m0/s1. The van der Waals surface area contributed by atoms with Gasteiger partial charge in [-0.05, 0) is 49.3 Å². The number of amides is 1. The molecule has 12 heteroatoms. The van der Waals surface area contributed by atoms with Gasteiger partial charge in [-0.3, -0.25) is 14.9 Å². The molecule has 12 nitrogen and oxygen atoms in total. The third-order valence-electron chi connectivity index (χ3n) is 11.2. The normalized spacial score (nSPS) is 36.6. The SMILES string of the molecule is CC(=O)O[C@@]12CO[C@@H]1C[C@H](O)[C@@]1(C)C(=O)[C@H](OC(=O)Nc3ccccc3)C3=C(C)[C@@H](O)C[C@@](O)([C@@H](OC(=O)c4ccccc4)C12)C3(C)C. The molecule has 0 radical (unpaired) electrons.